The van der Waals surface area contributed by atoms with Gasteiger partial charge in [0, 0.05) is 27.9 Å². The van der Waals surface area contributed by atoms with E-state index in [1.165, 1.54) is 83.7 Å². The number of aromatic carboxylic acids is 1. The third-order valence-electron chi connectivity index (χ3n) is 7.77. The number of amides is 1. The number of carbonyl (C=O) groups excluding carboxylic acids is 2. The molecule has 6 rings (SSSR count). The van der Waals surface area contributed by atoms with E-state index in [0.29, 0.717) is 28.5 Å². The maximum absolute atomic E-state index is 12.9. The van der Waals surface area contributed by atoms with E-state index in [-0.39, 0.29) is 120 Å². The Morgan fingerprint density at radius 2 is 1.61 bits per heavy atom. The van der Waals surface area contributed by atoms with E-state index in [1.54, 1.807) is 18.2 Å². The molecule has 0 atom stereocenters. The van der Waals surface area contributed by atoms with E-state index in [1.807, 2.05) is 0 Å². The molecular formula is C34H23ClN8Na2O13S3. The number of sulfone groups is 1. The Labute approximate surface area is 398 Å². The van der Waals surface area contributed by atoms with E-state index in [0.717, 1.165) is 0 Å². The number of carboxylic acid groups (broad SMARTS) is 1. The molecule has 0 radical (unpaired) electrons. The van der Waals surface area contributed by atoms with Crippen molar-refractivity contribution in [2.45, 2.75) is 9.79 Å². The Balaban J connectivity index is 0.00000410. The number of hydrogen-bond donors (Lipinski definition) is 3. The quantitative estimate of drug-likeness (QED) is 0.0127. The van der Waals surface area contributed by atoms with Gasteiger partial charge in [-0.15, -0.1) is 5.11 Å². The van der Waals surface area contributed by atoms with Crippen LogP contribution < -0.4 is 84.7 Å². The smallest absolute Gasteiger partial charge is 0.726 e. The van der Waals surface area contributed by atoms with E-state index in [9.17, 15) is 46.4 Å². The molecule has 2 heterocycles. The Morgan fingerprint density at radius 3 is 2.28 bits per heavy atom. The van der Waals surface area contributed by atoms with Gasteiger partial charge in [-0.1, -0.05) is 0 Å². The number of aromatic nitrogens is 4. The first-order valence-corrected chi connectivity index (χ1v) is 20.3. The van der Waals surface area contributed by atoms with Gasteiger partial charge in [0.05, 0.1) is 58.2 Å². The Kier molecular flexibility index (Phi) is 17.6. The molecule has 0 aliphatic rings. The van der Waals surface area contributed by atoms with Crippen LogP contribution in [0.1, 0.15) is 20.7 Å². The molecule has 0 saturated carbocycles. The van der Waals surface area contributed by atoms with Crippen molar-refractivity contribution in [3.8, 4) is 11.7 Å². The fraction of sp³-hybridized carbons (Fsp3) is 0.0588. The number of fused-ring (bicyclic) bond motifs is 1. The Hall–Kier alpha value is -4.22. The number of nitrogens with zero attached hydrogens (tertiary/aromatic N) is 6. The Morgan fingerprint density at radius 1 is 0.902 bits per heavy atom. The molecule has 2 aromatic heterocycles. The van der Waals surface area contributed by atoms with Crippen LogP contribution in [-0.2, 0) is 33.8 Å². The minimum Gasteiger partial charge on any atom is -0.726 e. The first-order valence-electron chi connectivity index (χ1n) is 16.2. The number of phenols is 1. The van der Waals surface area contributed by atoms with Crippen LogP contribution in [0.3, 0.4) is 0 Å². The third-order valence-corrected chi connectivity index (χ3v) is 10.7. The van der Waals surface area contributed by atoms with Gasteiger partial charge in [0.2, 0.25) is 10.4 Å². The van der Waals surface area contributed by atoms with Gasteiger partial charge in [0.1, 0.15) is 5.69 Å². The number of pyridine rings is 1. The normalized spacial score (nSPS) is 11.5. The van der Waals surface area contributed by atoms with Crippen LogP contribution in [0, 0.1) is 0 Å². The summed E-state index contributed by atoms with van der Waals surface area (Å²) in [5, 5.41) is 51.2. The number of nitrogens with one attached hydrogen (secondary N) is 2. The number of phenolic OH excluding ortho intramolecular Hbond substituents is 1. The van der Waals surface area contributed by atoms with E-state index in [2.05, 4.69) is 49.4 Å². The average Bonchev–Trinajstić information content (AvgIpc) is 3.19. The SMILES string of the molecule is O=C([O-])c1ccc[n+](-c2nc(Cl)nc(Nc3ccc4c(O)c(N=Nc5ccc(C(=O)Nc6ccc(S(=O)(=O)CCOS(=O)(=O)[O-])cc6)cc5)c(SOO[O-])cc4c3)n2)c1.[Na+].[Na+]. The number of carbonyl (C=O) groups is 2. The number of azo groups is 1. The fourth-order valence-corrected chi connectivity index (χ4v) is 7.23. The van der Waals surface area contributed by atoms with Crippen molar-refractivity contribution >= 4 is 95.2 Å². The van der Waals surface area contributed by atoms with Crippen molar-refractivity contribution in [2.75, 3.05) is 23.0 Å². The summed E-state index contributed by atoms with van der Waals surface area (Å²) < 4.78 is 66.2. The number of hydrogen-bond acceptors (Lipinski definition) is 20. The van der Waals surface area contributed by atoms with Crippen LogP contribution in [0.2, 0.25) is 5.28 Å². The standard InChI is InChI=1S/C34H25ClN8O13S3.2Na/c35-32-38-33(40-34(39-32)43-13-1-2-20(18-43)31(46)47)37-24-9-12-26-21(16-24)17-27(57-56-55-48)28(29(26)44)42-41-23-5-3-19(4-6-23)30(45)36-22-7-10-25(11-8-22)58(49,50)15-14-54-59(51,52)53;;/h1-13,16-18H,14-15H2,(H5-,36,37,38,39,40,44,45,46,47,48,51,52,53);;/q;2*+1/p-2. The van der Waals surface area contributed by atoms with Crippen molar-refractivity contribution in [3.63, 3.8) is 0 Å². The van der Waals surface area contributed by atoms with Crippen molar-refractivity contribution in [1.82, 2.24) is 15.0 Å². The van der Waals surface area contributed by atoms with Crippen molar-refractivity contribution in [1.29, 1.82) is 0 Å². The predicted octanol–water partition coefficient (Wildman–Crippen LogP) is -3.08. The molecule has 3 N–H and O–H groups in total. The maximum Gasteiger partial charge on any atom is 1.00 e. The van der Waals surface area contributed by atoms with E-state index >= 15 is 0 Å². The van der Waals surface area contributed by atoms with Gasteiger partial charge in [0.25, 0.3) is 5.91 Å². The summed E-state index contributed by atoms with van der Waals surface area (Å²) in [5.41, 5.74) is 0.869. The van der Waals surface area contributed by atoms with Gasteiger partial charge in [-0.3, -0.25) is 14.0 Å². The first-order chi connectivity index (χ1) is 28.1. The molecule has 61 heavy (non-hydrogen) atoms. The zero-order chi connectivity index (χ0) is 42.3. The molecule has 0 aliphatic heterocycles. The first kappa shape index (κ1) is 49.4. The molecule has 0 spiro atoms. The molecule has 0 fully saturated rings. The monoisotopic (exact) mass is 928 g/mol. The van der Waals surface area contributed by atoms with Crippen LogP contribution in [0.15, 0.2) is 117 Å². The van der Waals surface area contributed by atoms with Gasteiger partial charge >= 0.3 is 76.3 Å². The van der Waals surface area contributed by atoms with Gasteiger partial charge in [0.15, 0.2) is 15.6 Å². The molecule has 0 aliphatic carbocycles. The second-order valence-electron chi connectivity index (χ2n) is 11.6. The molecule has 1 amide bonds. The molecular weight excluding hydrogens is 906 g/mol. The summed E-state index contributed by atoms with van der Waals surface area (Å²) in [4.78, 5) is 36.5. The summed E-state index contributed by atoms with van der Waals surface area (Å²) in [6, 6.07) is 19.8. The Bertz CT molecular complexity index is 2830. The summed E-state index contributed by atoms with van der Waals surface area (Å²) in [6.07, 6.45) is 2.74. The summed E-state index contributed by atoms with van der Waals surface area (Å²) in [5.74, 6) is -3.07. The number of halogens is 1. The van der Waals surface area contributed by atoms with Gasteiger partial charge < -0.3 is 35.5 Å². The number of rotatable bonds is 16. The minimum absolute atomic E-state index is 0. The number of anilines is 3. The van der Waals surface area contributed by atoms with Gasteiger partial charge in [-0.2, -0.15) is 14.4 Å². The topological polar surface area (TPSA) is 311 Å². The second kappa shape index (κ2) is 21.7. The van der Waals surface area contributed by atoms with E-state index in [4.69, 9.17) is 11.6 Å². The largest absolute Gasteiger partial charge is 1.00 e. The minimum atomic E-state index is -5.05. The van der Waals surface area contributed by atoms with Crippen molar-refractivity contribution < 1.29 is 124 Å². The van der Waals surface area contributed by atoms with Gasteiger partial charge in [-0.05, 0) is 112 Å². The maximum atomic E-state index is 12.9. The molecule has 21 nitrogen and oxygen atoms in total. The number of benzene rings is 4. The molecule has 304 valence electrons. The fourth-order valence-electron chi connectivity index (χ4n) is 5.10. The molecule has 0 bridgehead atoms. The van der Waals surface area contributed by atoms with Crippen LogP contribution in [-0.4, -0.2) is 65.7 Å². The van der Waals surface area contributed by atoms with Crippen molar-refractivity contribution in [2.24, 2.45) is 10.2 Å². The summed E-state index contributed by atoms with van der Waals surface area (Å²) in [7, 11) is -9.04. The summed E-state index contributed by atoms with van der Waals surface area (Å²) in [6.45, 7) is -0.852. The number of carboxylic acids is 1. The van der Waals surface area contributed by atoms with Crippen molar-refractivity contribution in [3.05, 3.63) is 114 Å². The molecule has 6 aromatic rings. The third kappa shape index (κ3) is 13.4. The summed E-state index contributed by atoms with van der Waals surface area (Å²) >= 11 is 6.57. The van der Waals surface area contributed by atoms with Crippen LogP contribution in [0.5, 0.6) is 5.75 Å². The second-order valence-corrected chi connectivity index (χ2v) is 15.9. The zero-order valence-corrected chi connectivity index (χ0v) is 38.5. The van der Waals surface area contributed by atoms with Crippen LogP contribution >= 0.6 is 23.6 Å². The van der Waals surface area contributed by atoms with Gasteiger partial charge in [-0.25, -0.2) is 21.4 Å². The number of aromatic hydroxyl groups is 1. The predicted molar refractivity (Wildman–Crippen MR) is 200 cm³/mol. The van der Waals surface area contributed by atoms with E-state index < -0.39 is 44.5 Å². The zero-order valence-electron chi connectivity index (χ0n) is 31.3. The van der Waals surface area contributed by atoms with Crippen LogP contribution in [0.4, 0.5) is 28.7 Å². The van der Waals surface area contributed by atoms with Crippen LogP contribution in [0.25, 0.3) is 16.7 Å². The molecule has 0 saturated heterocycles. The molecule has 27 heteroatoms. The average molecular weight is 929 g/mol. The molecule has 0 unspecified atom stereocenters. The molecule has 4 aromatic carbocycles.